The predicted octanol–water partition coefficient (Wildman–Crippen LogP) is 4.37. The van der Waals surface area contributed by atoms with Crippen molar-refractivity contribution in [2.75, 3.05) is 7.11 Å². The average molecular weight is 435 g/mol. The average Bonchev–Trinajstić information content (AvgIpc) is 3.05. The minimum atomic E-state index is -0.764. The monoisotopic (exact) mass is 434 g/mol. The van der Waals surface area contributed by atoms with E-state index in [0.717, 1.165) is 5.56 Å². The molecule has 4 rings (SSSR count). The number of carbonyl (C=O) groups is 2. The molecular formula is C24H19ClN2O4. The zero-order chi connectivity index (χ0) is 22.0. The summed E-state index contributed by atoms with van der Waals surface area (Å²) in [6.07, 6.45) is 3.28. The van der Waals surface area contributed by atoms with Crippen LogP contribution in [-0.2, 0) is 16.1 Å². The normalized spacial score (nSPS) is 17.7. The molecule has 1 N–H and O–H groups in total. The summed E-state index contributed by atoms with van der Waals surface area (Å²) in [5.74, 6) is -1.05. The molecule has 2 heterocycles. The number of aromatic nitrogens is 1. The number of amides is 1. The van der Waals surface area contributed by atoms with E-state index >= 15 is 0 Å². The molecule has 1 aromatic heterocycles. The van der Waals surface area contributed by atoms with Crippen molar-refractivity contribution in [3.05, 3.63) is 100 Å². The van der Waals surface area contributed by atoms with Crippen LogP contribution < -0.4 is 4.74 Å². The number of benzene rings is 2. The molecule has 1 saturated heterocycles. The predicted molar refractivity (Wildman–Crippen MR) is 117 cm³/mol. The summed E-state index contributed by atoms with van der Waals surface area (Å²) < 4.78 is 5.15. The molecule has 1 aliphatic rings. The first-order valence-corrected chi connectivity index (χ1v) is 9.94. The van der Waals surface area contributed by atoms with Gasteiger partial charge in [0.05, 0.1) is 18.7 Å². The SMILES string of the molecule is COc1ccc(C(O)=C2C(=O)C(=O)N(Cc3cccnc3)C2c2ccc(Cl)cc2)cc1. The van der Waals surface area contributed by atoms with Crippen molar-refractivity contribution in [3.8, 4) is 5.75 Å². The van der Waals surface area contributed by atoms with Crippen molar-refractivity contribution in [2.24, 2.45) is 0 Å². The summed E-state index contributed by atoms with van der Waals surface area (Å²) >= 11 is 6.04. The molecule has 0 radical (unpaired) electrons. The quantitative estimate of drug-likeness (QED) is 0.366. The summed E-state index contributed by atoms with van der Waals surface area (Å²) in [4.78, 5) is 31.5. The van der Waals surface area contributed by atoms with Crippen LogP contribution in [0.15, 0.2) is 78.6 Å². The second-order valence-corrected chi connectivity index (χ2v) is 7.50. The van der Waals surface area contributed by atoms with E-state index < -0.39 is 17.7 Å². The molecule has 3 aromatic rings. The molecule has 1 unspecified atom stereocenters. The van der Waals surface area contributed by atoms with Crippen LogP contribution in [0.2, 0.25) is 5.02 Å². The lowest BCUT2D eigenvalue weighted by atomic mass is 9.95. The Morgan fingerprint density at radius 1 is 1.10 bits per heavy atom. The maximum atomic E-state index is 13.0. The third-order valence-corrected chi connectivity index (χ3v) is 5.42. The smallest absolute Gasteiger partial charge is 0.295 e. The molecule has 1 aliphatic heterocycles. The zero-order valence-corrected chi connectivity index (χ0v) is 17.4. The molecule has 1 amide bonds. The molecule has 31 heavy (non-hydrogen) atoms. The van der Waals surface area contributed by atoms with E-state index in [2.05, 4.69) is 4.98 Å². The van der Waals surface area contributed by atoms with Gasteiger partial charge >= 0.3 is 0 Å². The number of aliphatic hydroxyl groups is 1. The van der Waals surface area contributed by atoms with Gasteiger partial charge in [-0.25, -0.2) is 0 Å². The van der Waals surface area contributed by atoms with Gasteiger partial charge in [-0.1, -0.05) is 29.8 Å². The molecule has 1 atom stereocenters. The maximum absolute atomic E-state index is 13.0. The number of halogens is 1. The fourth-order valence-electron chi connectivity index (χ4n) is 3.63. The van der Waals surface area contributed by atoms with Crippen LogP contribution in [0, 0.1) is 0 Å². The molecule has 7 heteroatoms. The van der Waals surface area contributed by atoms with E-state index in [0.29, 0.717) is 21.9 Å². The summed E-state index contributed by atoms with van der Waals surface area (Å²) in [7, 11) is 1.54. The van der Waals surface area contributed by atoms with Crippen LogP contribution in [0.5, 0.6) is 5.75 Å². The Hall–Kier alpha value is -3.64. The van der Waals surface area contributed by atoms with Crippen molar-refractivity contribution in [3.63, 3.8) is 0 Å². The van der Waals surface area contributed by atoms with E-state index in [1.807, 2.05) is 6.07 Å². The largest absolute Gasteiger partial charge is 0.507 e. The van der Waals surface area contributed by atoms with Gasteiger partial charge in [0.1, 0.15) is 11.5 Å². The first-order chi connectivity index (χ1) is 15.0. The topological polar surface area (TPSA) is 79.7 Å². The number of pyridine rings is 1. The number of methoxy groups -OCH3 is 1. The van der Waals surface area contributed by atoms with Gasteiger partial charge in [-0.15, -0.1) is 0 Å². The Morgan fingerprint density at radius 2 is 1.81 bits per heavy atom. The van der Waals surface area contributed by atoms with Gasteiger partial charge in [0.25, 0.3) is 11.7 Å². The molecule has 0 saturated carbocycles. The Balaban J connectivity index is 1.84. The second-order valence-electron chi connectivity index (χ2n) is 7.07. The van der Waals surface area contributed by atoms with Crippen molar-refractivity contribution in [2.45, 2.75) is 12.6 Å². The number of carbonyl (C=O) groups excluding carboxylic acids is 2. The van der Waals surface area contributed by atoms with E-state index in [1.165, 1.54) is 4.90 Å². The number of aliphatic hydroxyl groups excluding tert-OH is 1. The van der Waals surface area contributed by atoms with E-state index in [4.69, 9.17) is 16.3 Å². The van der Waals surface area contributed by atoms with E-state index in [-0.39, 0.29) is 17.9 Å². The van der Waals surface area contributed by atoms with Crippen LogP contribution in [0.3, 0.4) is 0 Å². The standard InChI is InChI=1S/C24H19ClN2O4/c1-31-19-10-6-17(7-11-19)22(28)20-21(16-4-8-18(25)9-5-16)27(24(30)23(20)29)14-15-3-2-12-26-13-15/h2-13,21,28H,14H2,1H3. The summed E-state index contributed by atoms with van der Waals surface area (Å²) in [6, 6.07) is 16.3. The summed E-state index contributed by atoms with van der Waals surface area (Å²) in [6.45, 7) is 0.172. The Morgan fingerprint density at radius 3 is 2.42 bits per heavy atom. The molecule has 0 aliphatic carbocycles. The van der Waals surface area contributed by atoms with Crippen LogP contribution >= 0.6 is 11.6 Å². The van der Waals surface area contributed by atoms with Crippen molar-refractivity contribution in [1.82, 2.24) is 9.88 Å². The number of hydrogen-bond acceptors (Lipinski definition) is 5. The highest BCUT2D eigenvalue weighted by Gasteiger charge is 2.46. The Labute approximate surface area is 184 Å². The van der Waals surface area contributed by atoms with Crippen LogP contribution in [0.4, 0.5) is 0 Å². The lowest BCUT2D eigenvalue weighted by Gasteiger charge is -2.25. The lowest BCUT2D eigenvalue weighted by Crippen LogP contribution is -2.29. The van der Waals surface area contributed by atoms with Crippen molar-refractivity contribution in [1.29, 1.82) is 0 Å². The minimum Gasteiger partial charge on any atom is -0.507 e. The minimum absolute atomic E-state index is 0.0291. The van der Waals surface area contributed by atoms with Crippen LogP contribution in [0.1, 0.15) is 22.7 Å². The number of nitrogens with zero attached hydrogens (tertiary/aromatic N) is 2. The fraction of sp³-hybridized carbons (Fsp3) is 0.125. The fourth-order valence-corrected chi connectivity index (χ4v) is 3.75. The van der Waals surface area contributed by atoms with Crippen LogP contribution in [0.25, 0.3) is 5.76 Å². The van der Waals surface area contributed by atoms with Gasteiger partial charge in [0, 0.05) is 29.5 Å². The third kappa shape index (κ3) is 4.02. The van der Waals surface area contributed by atoms with Gasteiger partial charge < -0.3 is 14.7 Å². The molecule has 6 nitrogen and oxygen atoms in total. The Bertz CT molecular complexity index is 1140. The summed E-state index contributed by atoms with van der Waals surface area (Å²) in [5, 5.41) is 11.6. The third-order valence-electron chi connectivity index (χ3n) is 5.16. The maximum Gasteiger partial charge on any atom is 0.295 e. The number of rotatable bonds is 5. The molecule has 0 spiro atoms. The van der Waals surface area contributed by atoms with Gasteiger partial charge in [-0.05, 0) is 53.6 Å². The van der Waals surface area contributed by atoms with Gasteiger partial charge in [0.2, 0.25) is 0 Å². The van der Waals surface area contributed by atoms with Crippen LogP contribution in [-0.4, -0.2) is 33.8 Å². The van der Waals surface area contributed by atoms with E-state index in [9.17, 15) is 14.7 Å². The molecule has 0 bridgehead atoms. The number of ether oxygens (including phenoxy) is 1. The highest BCUT2D eigenvalue weighted by atomic mass is 35.5. The number of Topliss-reactive ketones (excluding diaryl/α,β-unsaturated/α-hetero) is 1. The number of ketones is 1. The Kier molecular flexibility index (Phi) is 5.73. The first-order valence-electron chi connectivity index (χ1n) is 9.57. The molecule has 1 fully saturated rings. The van der Waals surface area contributed by atoms with Gasteiger partial charge in [0.15, 0.2) is 0 Å². The van der Waals surface area contributed by atoms with Crippen molar-refractivity contribution >= 4 is 29.1 Å². The number of hydrogen-bond donors (Lipinski definition) is 1. The van der Waals surface area contributed by atoms with Crippen molar-refractivity contribution < 1.29 is 19.4 Å². The molecular weight excluding hydrogens is 416 g/mol. The first kappa shape index (κ1) is 20.6. The number of likely N-dealkylation sites (tertiary alicyclic amines) is 1. The van der Waals surface area contributed by atoms with E-state index in [1.54, 1.807) is 74.1 Å². The van der Waals surface area contributed by atoms with Gasteiger partial charge in [-0.2, -0.15) is 0 Å². The summed E-state index contributed by atoms with van der Waals surface area (Å²) in [5.41, 5.74) is 1.89. The lowest BCUT2D eigenvalue weighted by molar-refractivity contribution is -0.140. The molecule has 2 aromatic carbocycles. The molecule has 156 valence electrons. The highest BCUT2D eigenvalue weighted by Crippen LogP contribution is 2.40. The second kappa shape index (κ2) is 8.62. The zero-order valence-electron chi connectivity index (χ0n) is 16.7. The van der Waals surface area contributed by atoms with Gasteiger partial charge in [-0.3, -0.25) is 14.6 Å². The highest BCUT2D eigenvalue weighted by molar-refractivity contribution is 6.46.